The van der Waals surface area contributed by atoms with Crippen LogP contribution in [0, 0.1) is 0 Å². The fraction of sp³-hybridized carbons (Fsp3) is 0. The van der Waals surface area contributed by atoms with E-state index in [4.69, 9.17) is 0 Å². The molecule has 0 saturated heterocycles. The first kappa shape index (κ1) is 22.0. The molecule has 0 aliphatic rings. The van der Waals surface area contributed by atoms with Crippen LogP contribution >= 0.6 is 0 Å². The van der Waals surface area contributed by atoms with Crippen molar-refractivity contribution in [2.24, 2.45) is 10.2 Å². The number of carboxylic acid groups (broad SMARTS) is 1. The van der Waals surface area contributed by atoms with Gasteiger partial charge in [-0.3, -0.25) is 9.89 Å². The van der Waals surface area contributed by atoms with Gasteiger partial charge in [0.25, 0.3) is 5.56 Å². The van der Waals surface area contributed by atoms with Crippen molar-refractivity contribution in [3.05, 3.63) is 64.6 Å². The molecule has 0 bridgehead atoms. The maximum atomic E-state index is 12.6. The summed E-state index contributed by atoms with van der Waals surface area (Å²) in [5.74, 6) is -1.80. The second-order valence-electron chi connectivity index (χ2n) is 5.86. The maximum Gasteiger partial charge on any atom is 0.299 e. The topological polar surface area (TPSA) is 217 Å². The summed E-state index contributed by atoms with van der Waals surface area (Å²) in [5, 5.41) is 20.8. The molecule has 0 radical (unpaired) electrons. The van der Waals surface area contributed by atoms with E-state index in [-0.39, 0.29) is 11.4 Å². The van der Waals surface area contributed by atoms with Crippen LogP contribution in [0.15, 0.2) is 73.3 Å². The predicted molar refractivity (Wildman–Crippen MR) is 97.3 cm³/mol. The number of carbonyl (C=O) groups excluding carboxylic acids is 1. The van der Waals surface area contributed by atoms with Gasteiger partial charge in [-0.05, 0) is 48.5 Å². The smallest absolute Gasteiger partial charge is 0.299 e. The SMILES string of the molecule is O=C([O-])c1[nH]n(-c2ccc(S(=O)(=O)[O-])cc2)c(=O)c1N=Nc1ccc(S(=O)(=O)[O-])cc1. The third kappa shape index (κ3) is 4.75. The number of nitrogens with zero attached hydrogens (tertiary/aromatic N) is 3. The minimum absolute atomic E-state index is 0.00800. The van der Waals surface area contributed by atoms with Crippen molar-refractivity contribution in [2.45, 2.75) is 9.79 Å². The average Bonchev–Trinajstić information content (AvgIpc) is 3.02. The lowest BCUT2D eigenvalue weighted by Crippen LogP contribution is -2.23. The van der Waals surface area contributed by atoms with Crippen LogP contribution in [-0.2, 0) is 20.2 Å². The molecule has 15 heteroatoms. The number of aromatic amines is 1. The molecule has 0 atom stereocenters. The first-order chi connectivity index (χ1) is 14.4. The van der Waals surface area contributed by atoms with Gasteiger partial charge in [0.05, 0.1) is 27.1 Å². The highest BCUT2D eigenvalue weighted by atomic mass is 32.2. The zero-order valence-electron chi connectivity index (χ0n) is 15.0. The van der Waals surface area contributed by atoms with E-state index in [1.54, 1.807) is 0 Å². The van der Waals surface area contributed by atoms with Crippen LogP contribution in [0.2, 0.25) is 0 Å². The Balaban J connectivity index is 2.02. The van der Waals surface area contributed by atoms with Gasteiger partial charge < -0.3 is 19.0 Å². The Morgan fingerprint density at radius 2 is 1.32 bits per heavy atom. The maximum absolute atomic E-state index is 12.6. The molecule has 162 valence electrons. The summed E-state index contributed by atoms with van der Waals surface area (Å²) in [7, 11) is -9.40. The van der Waals surface area contributed by atoms with Gasteiger partial charge in [0.1, 0.15) is 25.9 Å². The fourth-order valence-corrected chi connectivity index (χ4v) is 3.33. The predicted octanol–water partition coefficient (Wildman–Crippen LogP) is -0.247. The molecule has 31 heavy (non-hydrogen) atoms. The molecular formula is C16H9N4O9S2-3. The molecule has 0 spiro atoms. The van der Waals surface area contributed by atoms with E-state index in [9.17, 15) is 40.6 Å². The number of hydrogen-bond acceptors (Lipinski definition) is 11. The highest BCUT2D eigenvalue weighted by molar-refractivity contribution is 7.86. The number of rotatable bonds is 6. The Bertz CT molecular complexity index is 1450. The van der Waals surface area contributed by atoms with Gasteiger partial charge in [-0.1, -0.05) is 0 Å². The van der Waals surface area contributed by atoms with Crippen LogP contribution in [0.1, 0.15) is 10.5 Å². The number of carboxylic acids is 1. The first-order valence-corrected chi connectivity index (χ1v) is 10.8. The third-order valence-electron chi connectivity index (χ3n) is 3.84. The molecular weight excluding hydrogens is 456 g/mol. The van der Waals surface area contributed by atoms with Crippen LogP contribution in [0.3, 0.4) is 0 Å². The number of aromatic nitrogens is 2. The van der Waals surface area contributed by atoms with Crippen LogP contribution < -0.4 is 10.7 Å². The highest BCUT2D eigenvalue weighted by Gasteiger charge is 2.16. The van der Waals surface area contributed by atoms with Crippen molar-refractivity contribution >= 4 is 37.6 Å². The monoisotopic (exact) mass is 465 g/mol. The van der Waals surface area contributed by atoms with Gasteiger partial charge in [-0.25, -0.2) is 21.5 Å². The van der Waals surface area contributed by atoms with Gasteiger partial charge in [0.2, 0.25) is 0 Å². The molecule has 0 amide bonds. The van der Waals surface area contributed by atoms with Crippen molar-refractivity contribution < 1.29 is 35.8 Å². The van der Waals surface area contributed by atoms with E-state index >= 15 is 0 Å². The average molecular weight is 465 g/mol. The van der Waals surface area contributed by atoms with Crippen LogP contribution in [0.25, 0.3) is 5.69 Å². The number of nitrogens with one attached hydrogen (secondary N) is 1. The van der Waals surface area contributed by atoms with Gasteiger partial charge in [0, 0.05) is 0 Å². The number of hydrogen-bond donors (Lipinski definition) is 1. The Kier molecular flexibility index (Phi) is 5.60. The summed E-state index contributed by atoms with van der Waals surface area (Å²) in [6, 6.07) is 8.16. The molecule has 0 fully saturated rings. The lowest BCUT2D eigenvalue weighted by Gasteiger charge is -2.08. The molecule has 13 nitrogen and oxygen atoms in total. The molecule has 1 aromatic heterocycles. The van der Waals surface area contributed by atoms with Crippen molar-refractivity contribution in [1.29, 1.82) is 0 Å². The normalized spacial score (nSPS) is 12.3. The standard InChI is InChI=1S/C16H12N4O9S2/c21-15-13(18-17-9-1-5-11(6-2-9)30(24,25)26)14(16(22)23)19-20(15)10-3-7-12(8-4-10)31(27,28)29/h1-8,19H,(H,22,23)(H,24,25,26)(H,27,28,29)/p-3. The Hall–Kier alpha value is -3.66. The molecule has 1 N–H and O–H groups in total. The largest absolute Gasteiger partial charge is 0.744 e. The van der Waals surface area contributed by atoms with Crippen molar-refractivity contribution in [1.82, 2.24) is 9.78 Å². The first-order valence-electron chi connectivity index (χ1n) is 7.98. The van der Waals surface area contributed by atoms with E-state index in [0.717, 1.165) is 48.5 Å². The molecule has 0 aliphatic heterocycles. The molecule has 3 aromatic rings. The van der Waals surface area contributed by atoms with Gasteiger partial charge in [-0.2, -0.15) is 5.11 Å². The quantitative estimate of drug-likeness (QED) is 0.374. The molecule has 0 aliphatic carbocycles. The lowest BCUT2D eigenvalue weighted by atomic mass is 10.3. The van der Waals surface area contributed by atoms with Crippen LogP contribution in [0.4, 0.5) is 11.4 Å². The van der Waals surface area contributed by atoms with Crippen molar-refractivity contribution in [2.75, 3.05) is 0 Å². The van der Waals surface area contributed by atoms with Crippen molar-refractivity contribution in [3.8, 4) is 5.69 Å². The zero-order chi connectivity index (χ0) is 23.0. The number of azo groups is 1. The molecule has 2 aromatic carbocycles. The molecule has 0 saturated carbocycles. The summed E-state index contributed by atoms with van der Waals surface area (Å²) in [4.78, 5) is 22.8. The van der Waals surface area contributed by atoms with E-state index in [1.165, 1.54) is 0 Å². The van der Waals surface area contributed by atoms with Crippen LogP contribution in [0.5, 0.6) is 0 Å². The number of carbonyl (C=O) groups is 1. The summed E-state index contributed by atoms with van der Waals surface area (Å²) < 4.78 is 66.5. The Morgan fingerprint density at radius 3 is 1.77 bits per heavy atom. The number of H-pyrrole nitrogens is 1. The summed E-state index contributed by atoms with van der Waals surface area (Å²) in [6.07, 6.45) is 0. The minimum atomic E-state index is -4.72. The molecule has 3 rings (SSSR count). The number of aromatic carboxylic acids is 1. The van der Waals surface area contributed by atoms with Gasteiger partial charge in [-0.15, -0.1) is 5.11 Å². The minimum Gasteiger partial charge on any atom is -0.744 e. The zero-order valence-corrected chi connectivity index (χ0v) is 16.6. The second kappa shape index (κ2) is 7.88. The van der Waals surface area contributed by atoms with Gasteiger partial charge in [0.15, 0.2) is 5.69 Å². The molecule has 0 unspecified atom stereocenters. The van der Waals surface area contributed by atoms with E-state index < -0.39 is 52.9 Å². The Morgan fingerprint density at radius 1 is 0.839 bits per heavy atom. The highest BCUT2D eigenvalue weighted by Crippen LogP contribution is 2.21. The van der Waals surface area contributed by atoms with Crippen molar-refractivity contribution in [3.63, 3.8) is 0 Å². The summed E-state index contributed by atoms with van der Waals surface area (Å²) >= 11 is 0. The van der Waals surface area contributed by atoms with E-state index in [0.29, 0.717) is 4.68 Å². The Labute approximate surface area is 173 Å². The van der Waals surface area contributed by atoms with E-state index in [1.807, 2.05) is 0 Å². The number of benzene rings is 2. The van der Waals surface area contributed by atoms with Crippen LogP contribution in [-0.4, -0.2) is 41.7 Å². The fourth-order valence-electron chi connectivity index (χ4n) is 2.39. The molecule has 1 heterocycles. The van der Waals surface area contributed by atoms with Gasteiger partial charge >= 0.3 is 0 Å². The lowest BCUT2D eigenvalue weighted by molar-refractivity contribution is -0.255. The third-order valence-corrected chi connectivity index (χ3v) is 5.54. The summed E-state index contributed by atoms with van der Waals surface area (Å²) in [5.41, 5.74) is -2.39. The summed E-state index contributed by atoms with van der Waals surface area (Å²) in [6.45, 7) is 0. The van der Waals surface area contributed by atoms with E-state index in [2.05, 4.69) is 15.3 Å². The second-order valence-corrected chi connectivity index (χ2v) is 8.62.